The summed E-state index contributed by atoms with van der Waals surface area (Å²) in [6.45, 7) is 9.32. The van der Waals surface area contributed by atoms with Gasteiger partial charge in [-0.2, -0.15) is 4.37 Å². The Hall–Kier alpha value is -1.17. The van der Waals surface area contributed by atoms with E-state index in [2.05, 4.69) is 35.0 Å². The first-order valence-corrected chi connectivity index (χ1v) is 7.75. The summed E-state index contributed by atoms with van der Waals surface area (Å²) in [6, 6.07) is 0. The van der Waals surface area contributed by atoms with Crippen molar-refractivity contribution in [3.05, 3.63) is 5.82 Å². The van der Waals surface area contributed by atoms with Crippen LogP contribution < -0.4 is 4.90 Å². The van der Waals surface area contributed by atoms with Crippen molar-refractivity contribution in [2.24, 2.45) is 0 Å². The summed E-state index contributed by atoms with van der Waals surface area (Å²) in [5.41, 5.74) is 0. The maximum absolute atomic E-state index is 12.2. The molecule has 0 N–H and O–H groups in total. The molecule has 106 valence electrons. The van der Waals surface area contributed by atoms with Crippen LogP contribution in [0.4, 0.5) is 5.13 Å². The van der Waals surface area contributed by atoms with Gasteiger partial charge in [0.2, 0.25) is 11.0 Å². The van der Waals surface area contributed by atoms with Crippen LogP contribution in [0.1, 0.15) is 45.4 Å². The molecule has 1 saturated heterocycles. The lowest BCUT2D eigenvalue weighted by molar-refractivity contribution is -0.129. The Morgan fingerprint density at radius 1 is 1.37 bits per heavy atom. The number of carbonyl (C=O) groups is 1. The van der Waals surface area contributed by atoms with E-state index in [1.165, 1.54) is 11.5 Å². The molecule has 0 aromatic carbocycles. The molecule has 0 unspecified atom stereocenters. The van der Waals surface area contributed by atoms with Crippen LogP contribution in [-0.4, -0.2) is 46.3 Å². The average Bonchev–Trinajstić information content (AvgIpc) is 2.79. The Kier molecular flexibility index (Phi) is 4.74. The molecule has 5 nitrogen and oxygen atoms in total. The third kappa shape index (κ3) is 3.43. The van der Waals surface area contributed by atoms with Crippen molar-refractivity contribution in [3.8, 4) is 0 Å². The zero-order chi connectivity index (χ0) is 13.8. The first kappa shape index (κ1) is 14.2. The second-order valence-electron chi connectivity index (χ2n) is 5.25. The first-order chi connectivity index (χ1) is 9.11. The Labute approximate surface area is 118 Å². The summed E-state index contributed by atoms with van der Waals surface area (Å²) in [5.74, 6) is 1.42. The van der Waals surface area contributed by atoms with E-state index in [4.69, 9.17) is 0 Å². The highest BCUT2D eigenvalue weighted by Gasteiger charge is 2.23. The van der Waals surface area contributed by atoms with Gasteiger partial charge in [-0.05, 0) is 12.8 Å². The summed E-state index contributed by atoms with van der Waals surface area (Å²) in [6.07, 6.45) is 2.02. The molecule has 1 aromatic rings. The van der Waals surface area contributed by atoms with Gasteiger partial charge in [0.25, 0.3) is 0 Å². The minimum Gasteiger partial charge on any atom is -0.341 e. The number of amides is 1. The van der Waals surface area contributed by atoms with Gasteiger partial charge in [-0.3, -0.25) is 4.79 Å². The van der Waals surface area contributed by atoms with Crippen LogP contribution in [0.25, 0.3) is 0 Å². The fourth-order valence-electron chi connectivity index (χ4n) is 2.18. The zero-order valence-corrected chi connectivity index (χ0v) is 12.7. The van der Waals surface area contributed by atoms with E-state index in [1.54, 1.807) is 0 Å². The Morgan fingerprint density at radius 3 is 2.79 bits per heavy atom. The van der Waals surface area contributed by atoms with Crippen molar-refractivity contribution >= 4 is 22.6 Å². The summed E-state index contributed by atoms with van der Waals surface area (Å²) >= 11 is 1.40. The number of hydrogen-bond acceptors (Lipinski definition) is 5. The Morgan fingerprint density at radius 2 is 2.16 bits per heavy atom. The molecule has 2 heterocycles. The van der Waals surface area contributed by atoms with Crippen molar-refractivity contribution in [2.75, 3.05) is 31.1 Å². The van der Waals surface area contributed by atoms with Crippen LogP contribution >= 0.6 is 11.5 Å². The van der Waals surface area contributed by atoms with E-state index in [9.17, 15) is 4.79 Å². The smallest absolute Gasteiger partial charge is 0.242 e. The molecular formula is C13H22N4OS. The molecule has 0 spiro atoms. The van der Waals surface area contributed by atoms with Gasteiger partial charge in [0, 0.05) is 37.1 Å². The van der Waals surface area contributed by atoms with E-state index in [0.717, 1.165) is 43.4 Å². The van der Waals surface area contributed by atoms with Gasteiger partial charge in [0.15, 0.2) is 0 Å². The van der Waals surface area contributed by atoms with Gasteiger partial charge in [0.1, 0.15) is 5.82 Å². The molecule has 1 aromatic heterocycles. The lowest BCUT2D eigenvalue weighted by atomic mass is 10.2. The van der Waals surface area contributed by atoms with Gasteiger partial charge >= 0.3 is 0 Å². The second kappa shape index (κ2) is 6.32. The first-order valence-electron chi connectivity index (χ1n) is 6.98. The standard InChI is InChI=1S/C13H22N4OS/c1-4-6-16-7-5-8-17(9-11(16)18)13-14-12(10(2)3)15-19-13/h10H,4-9H2,1-3H3. The number of carbonyl (C=O) groups excluding carboxylic acids is 1. The number of aromatic nitrogens is 2. The maximum Gasteiger partial charge on any atom is 0.242 e. The van der Waals surface area contributed by atoms with Crippen molar-refractivity contribution in [3.63, 3.8) is 0 Å². The number of nitrogens with zero attached hydrogens (tertiary/aromatic N) is 4. The quantitative estimate of drug-likeness (QED) is 0.848. The molecule has 1 aliphatic rings. The predicted molar refractivity (Wildman–Crippen MR) is 77.7 cm³/mol. The molecule has 2 rings (SSSR count). The molecule has 6 heteroatoms. The molecule has 1 amide bonds. The van der Waals surface area contributed by atoms with Crippen LogP contribution in [0.5, 0.6) is 0 Å². The monoisotopic (exact) mass is 282 g/mol. The van der Waals surface area contributed by atoms with Crippen molar-refractivity contribution in [1.82, 2.24) is 14.3 Å². The summed E-state index contributed by atoms with van der Waals surface area (Å²) in [4.78, 5) is 20.7. The fraction of sp³-hybridized carbons (Fsp3) is 0.769. The zero-order valence-electron chi connectivity index (χ0n) is 11.9. The SMILES string of the molecule is CCCN1CCCN(c2nc(C(C)C)ns2)CC1=O. The number of hydrogen-bond donors (Lipinski definition) is 0. The summed E-state index contributed by atoms with van der Waals surface area (Å²) in [7, 11) is 0. The molecule has 1 fully saturated rings. The third-order valence-electron chi connectivity index (χ3n) is 3.25. The fourth-order valence-corrected chi connectivity index (χ4v) is 3.01. The molecule has 0 saturated carbocycles. The predicted octanol–water partition coefficient (Wildman–Crippen LogP) is 2.11. The van der Waals surface area contributed by atoms with Gasteiger partial charge < -0.3 is 9.80 Å². The molecule has 0 bridgehead atoms. The van der Waals surface area contributed by atoms with E-state index < -0.39 is 0 Å². The van der Waals surface area contributed by atoms with Crippen LogP contribution in [0.3, 0.4) is 0 Å². The van der Waals surface area contributed by atoms with Crippen molar-refractivity contribution in [2.45, 2.75) is 39.5 Å². The van der Waals surface area contributed by atoms with Crippen molar-refractivity contribution in [1.29, 1.82) is 0 Å². The van der Waals surface area contributed by atoms with Gasteiger partial charge in [-0.15, -0.1) is 0 Å². The second-order valence-corrected chi connectivity index (χ2v) is 5.98. The van der Waals surface area contributed by atoms with Gasteiger partial charge in [-0.1, -0.05) is 20.8 Å². The highest BCUT2D eigenvalue weighted by molar-refractivity contribution is 7.09. The molecular weight excluding hydrogens is 260 g/mol. The van der Waals surface area contributed by atoms with E-state index in [1.807, 2.05) is 4.90 Å². The summed E-state index contributed by atoms with van der Waals surface area (Å²) < 4.78 is 4.37. The maximum atomic E-state index is 12.2. The van der Waals surface area contributed by atoms with Crippen LogP contribution in [-0.2, 0) is 4.79 Å². The van der Waals surface area contributed by atoms with E-state index in [-0.39, 0.29) is 5.91 Å². The molecule has 0 aliphatic carbocycles. The molecule has 0 atom stereocenters. The van der Waals surface area contributed by atoms with Crippen LogP contribution in [0.15, 0.2) is 0 Å². The molecule has 0 radical (unpaired) electrons. The highest BCUT2D eigenvalue weighted by Crippen LogP contribution is 2.22. The van der Waals surface area contributed by atoms with E-state index >= 15 is 0 Å². The number of anilines is 1. The lowest BCUT2D eigenvalue weighted by Crippen LogP contribution is -2.37. The Balaban J connectivity index is 2.06. The lowest BCUT2D eigenvalue weighted by Gasteiger charge is -2.20. The van der Waals surface area contributed by atoms with Crippen LogP contribution in [0.2, 0.25) is 0 Å². The largest absolute Gasteiger partial charge is 0.341 e. The topological polar surface area (TPSA) is 49.3 Å². The van der Waals surface area contributed by atoms with Crippen molar-refractivity contribution < 1.29 is 4.79 Å². The minimum absolute atomic E-state index is 0.209. The minimum atomic E-state index is 0.209. The number of rotatable bonds is 4. The molecule has 1 aliphatic heterocycles. The highest BCUT2D eigenvalue weighted by atomic mass is 32.1. The van der Waals surface area contributed by atoms with Gasteiger partial charge in [-0.25, -0.2) is 4.98 Å². The average molecular weight is 282 g/mol. The third-order valence-corrected chi connectivity index (χ3v) is 4.04. The van der Waals surface area contributed by atoms with Crippen LogP contribution in [0, 0.1) is 0 Å². The summed E-state index contributed by atoms with van der Waals surface area (Å²) in [5, 5.41) is 0.885. The molecule has 19 heavy (non-hydrogen) atoms. The Bertz CT molecular complexity index is 432. The van der Waals surface area contributed by atoms with E-state index in [0.29, 0.717) is 12.5 Å². The normalized spacial score (nSPS) is 17.2. The van der Waals surface area contributed by atoms with Gasteiger partial charge in [0.05, 0.1) is 6.54 Å².